The third kappa shape index (κ3) is 3.24. The summed E-state index contributed by atoms with van der Waals surface area (Å²) in [4.78, 5) is 13.4. The highest BCUT2D eigenvalue weighted by molar-refractivity contribution is 5.69. The minimum Gasteiger partial charge on any atom is -0.504 e. The number of halogens is 1. The van der Waals surface area contributed by atoms with Crippen LogP contribution in [0, 0.1) is 17.7 Å². The molecule has 5 rings (SSSR count). The van der Waals surface area contributed by atoms with Crippen LogP contribution in [-0.4, -0.2) is 70.3 Å². The Bertz CT molecular complexity index is 973. The van der Waals surface area contributed by atoms with E-state index in [0.29, 0.717) is 37.6 Å². The Morgan fingerprint density at radius 3 is 2.88 bits per heavy atom. The number of hydrogen-bond acceptors (Lipinski definition) is 8. The molecule has 4 aliphatic heterocycles. The Labute approximate surface area is 199 Å². The van der Waals surface area contributed by atoms with Crippen molar-refractivity contribution in [1.29, 1.82) is 0 Å². The van der Waals surface area contributed by atoms with Gasteiger partial charge in [0.05, 0.1) is 45.3 Å². The Balaban J connectivity index is 1.58. The number of carbonyl (C=O) groups excluding carboxylic acids is 1. The Morgan fingerprint density at radius 2 is 2.15 bits per heavy atom. The van der Waals surface area contributed by atoms with Crippen LogP contribution in [0.5, 0.6) is 5.75 Å². The van der Waals surface area contributed by atoms with Gasteiger partial charge in [0.2, 0.25) is 0 Å². The molecule has 0 radical (unpaired) electrons. The minimum atomic E-state index is -0.881. The van der Waals surface area contributed by atoms with Crippen LogP contribution in [0.25, 0.3) is 0 Å². The lowest BCUT2D eigenvalue weighted by atomic mass is 9.67. The summed E-state index contributed by atoms with van der Waals surface area (Å²) in [6.45, 7) is 5.39. The second-order valence-corrected chi connectivity index (χ2v) is 9.49. The molecular formula is C25H33FN2O6. The molecular weight excluding hydrogens is 443 g/mol. The van der Waals surface area contributed by atoms with Crippen LogP contribution < -0.4 is 10.1 Å². The van der Waals surface area contributed by atoms with Gasteiger partial charge in [0.1, 0.15) is 12.2 Å². The zero-order valence-corrected chi connectivity index (χ0v) is 20.0. The monoisotopic (exact) mass is 476 g/mol. The molecule has 0 aromatic heterocycles. The maximum atomic E-state index is 14.8. The van der Waals surface area contributed by atoms with E-state index in [4.69, 9.17) is 23.7 Å². The zero-order chi connectivity index (χ0) is 23.9. The first-order valence-electron chi connectivity index (χ1n) is 12.0. The van der Waals surface area contributed by atoms with E-state index < -0.39 is 17.1 Å². The third-order valence-corrected chi connectivity index (χ3v) is 8.16. The van der Waals surface area contributed by atoms with Gasteiger partial charge in [0.25, 0.3) is 6.47 Å². The highest BCUT2D eigenvalue weighted by Crippen LogP contribution is 2.61. The lowest BCUT2D eigenvalue weighted by Gasteiger charge is -2.61. The van der Waals surface area contributed by atoms with Crippen LogP contribution in [-0.2, 0) is 29.3 Å². The molecule has 4 aliphatic rings. The van der Waals surface area contributed by atoms with Gasteiger partial charge < -0.3 is 29.0 Å². The average molecular weight is 477 g/mol. The van der Waals surface area contributed by atoms with E-state index >= 15 is 0 Å². The molecule has 5 atom stereocenters. The SMILES string of the molecule is CC[C@@H]1CN2CC[C@@]34OCCO[C@@]3(Nc3ccc(F)c(OC)c34)[C@@H]2C[C@@H]1C(=COC)COC=O. The number of anilines is 1. The first-order chi connectivity index (χ1) is 16.5. The van der Waals surface area contributed by atoms with E-state index in [0.717, 1.165) is 37.2 Å². The van der Waals surface area contributed by atoms with Crippen molar-refractivity contribution in [3.63, 3.8) is 0 Å². The van der Waals surface area contributed by atoms with Crippen molar-refractivity contribution in [3.05, 3.63) is 35.3 Å². The molecule has 9 heteroatoms. The molecule has 0 aliphatic carbocycles. The van der Waals surface area contributed by atoms with E-state index in [-0.39, 0.29) is 24.3 Å². The number of nitrogens with one attached hydrogen (secondary N) is 1. The topological polar surface area (TPSA) is 78.5 Å². The first kappa shape index (κ1) is 23.4. The van der Waals surface area contributed by atoms with Crippen LogP contribution in [0.2, 0.25) is 0 Å². The van der Waals surface area contributed by atoms with Gasteiger partial charge in [-0.05, 0) is 36.8 Å². The summed E-state index contributed by atoms with van der Waals surface area (Å²) in [6, 6.07) is 3.12. The van der Waals surface area contributed by atoms with Gasteiger partial charge in [-0.25, -0.2) is 4.39 Å². The molecule has 0 amide bonds. The molecule has 186 valence electrons. The predicted molar refractivity (Wildman–Crippen MR) is 122 cm³/mol. The van der Waals surface area contributed by atoms with Gasteiger partial charge in [-0.3, -0.25) is 9.69 Å². The largest absolute Gasteiger partial charge is 0.504 e. The molecule has 0 saturated carbocycles. The summed E-state index contributed by atoms with van der Waals surface area (Å²) >= 11 is 0. The van der Waals surface area contributed by atoms with Crippen molar-refractivity contribution in [2.45, 2.75) is 43.6 Å². The van der Waals surface area contributed by atoms with Crippen molar-refractivity contribution in [3.8, 4) is 5.75 Å². The van der Waals surface area contributed by atoms with Crippen LogP contribution in [0.4, 0.5) is 10.1 Å². The Morgan fingerprint density at radius 1 is 1.32 bits per heavy atom. The molecule has 0 spiro atoms. The first-order valence-corrected chi connectivity index (χ1v) is 12.0. The van der Waals surface area contributed by atoms with Crippen molar-refractivity contribution in [2.24, 2.45) is 11.8 Å². The number of fused-ring (bicyclic) bond motifs is 2. The van der Waals surface area contributed by atoms with Crippen molar-refractivity contribution >= 4 is 12.2 Å². The third-order valence-electron chi connectivity index (χ3n) is 8.16. The maximum Gasteiger partial charge on any atom is 0.293 e. The van der Waals surface area contributed by atoms with E-state index in [2.05, 4.69) is 17.1 Å². The van der Waals surface area contributed by atoms with Gasteiger partial charge in [-0.15, -0.1) is 0 Å². The summed E-state index contributed by atoms with van der Waals surface area (Å²) in [5.74, 6) is 0.306. The van der Waals surface area contributed by atoms with Crippen LogP contribution >= 0.6 is 0 Å². The number of benzene rings is 1. The summed E-state index contributed by atoms with van der Waals surface area (Å²) in [5.41, 5.74) is 0.703. The highest BCUT2D eigenvalue weighted by Gasteiger charge is 2.70. The van der Waals surface area contributed by atoms with Gasteiger partial charge >= 0.3 is 0 Å². The molecule has 1 aromatic carbocycles. The number of nitrogens with zero attached hydrogens (tertiary/aromatic N) is 1. The summed E-state index contributed by atoms with van der Waals surface area (Å²) < 4.78 is 44.1. The fourth-order valence-corrected chi connectivity index (χ4v) is 6.82. The molecule has 8 nitrogen and oxygen atoms in total. The van der Waals surface area contributed by atoms with Gasteiger partial charge in [0.15, 0.2) is 17.3 Å². The zero-order valence-electron chi connectivity index (χ0n) is 20.0. The molecule has 4 heterocycles. The van der Waals surface area contributed by atoms with Crippen LogP contribution in [0.1, 0.15) is 31.7 Å². The second-order valence-electron chi connectivity index (χ2n) is 9.49. The standard InChI is InChI=1S/C25H33FN2O6/c1-4-16-12-28-8-7-24-22-20(6-5-19(26)23(22)31-3)27-25(24,34-10-9-33-24)21(28)11-18(16)17(13-30-2)14-32-15-29/h5-6,13,15-16,18,21,27H,4,7-12,14H2,1-3H3/t16-,18+,21+,24+,25+/m1/s1. The molecule has 3 saturated heterocycles. The predicted octanol–water partition coefficient (Wildman–Crippen LogP) is 3.02. The summed E-state index contributed by atoms with van der Waals surface area (Å²) in [7, 11) is 3.10. The van der Waals surface area contributed by atoms with E-state index in [1.165, 1.54) is 13.2 Å². The van der Waals surface area contributed by atoms with E-state index in [1.807, 2.05) is 0 Å². The normalized spacial score (nSPS) is 34.7. The average Bonchev–Trinajstić information content (AvgIpc) is 3.17. The smallest absolute Gasteiger partial charge is 0.293 e. The van der Waals surface area contributed by atoms with Gasteiger partial charge in [-0.2, -0.15) is 0 Å². The van der Waals surface area contributed by atoms with Crippen LogP contribution in [0.3, 0.4) is 0 Å². The number of rotatable bonds is 7. The van der Waals surface area contributed by atoms with Gasteiger partial charge in [0, 0.05) is 24.4 Å². The van der Waals surface area contributed by atoms with E-state index in [1.54, 1.807) is 19.4 Å². The fourth-order valence-electron chi connectivity index (χ4n) is 6.82. The van der Waals surface area contributed by atoms with E-state index in [9.17, 15) is 9.18 Å². The van der Waals surface area contributed by atoms with Crippen molar-refractivity contribution in [2.75, 3.05) is 52.4 Å². The summed E-state index contributed by atoms with van der Waals surface area (Å²) in [6.07, 6.45) is 4.11. The highest BCUT2D eigenvalue weighted by atomic mass is 19.1. The quantitative estimate of drug-likeness (QED) is 0.475. The van der Waals surface area contributed by atoms with Crippen molar-refractivity contribution in [1.82, 2.24) is 4.90 Å². The lowest BCUT2D eigenvalue weighted by molar-refractivity contribution is -0.297. The molecule has 1 N–H and O–H groups in total. The number of ether oxygens (including phenoxy) is 5. The molecule has 0 unspecified atom stereocenters. The number of hydrogen-bond donors (Lipinski definition) is 1. The van der Waals surface area contributed by atoms with Crippen molar-refractivity contribution < 1.29 is 32.9 Å². The molecule has 3 fully saturated rings. The Hall–Kier alpha value is -2.36. The summed E-state index contributed by atoms with van der Waals surface area (Å²) in [5, 5.41) is 3.64. The number of carbonyl (C=O) groups is 1. The number of piperidine rings is 2. The Kier molecular flexibility index (Phi) is 6.20. The molecule has 34 heavy (non-hydrogen) atoms. The second kappa shape index (κ2) is 9.02. The number of methoxy groups -OCH3 is 2. The fraction of sp³-hybridized carbons (Fsp3) is 0.640. The lowest BCUT2D eigenvalue weighted by Crippen LogP contribution is -2.75. The van der Waals surface area contributed by atoms with Crippen LogP contribution in [0.15, 0.2) is 24.0 Å². The maximum absolute atomic E-state index is 14.8. The minimum absolute atomic E-state index is 0.0500. The molecule has 1 aromatic rings. The van der Waals surface area contributed by atoms with Gasteiger partial charge in [-0.1, -0.05) is 13.3 Å². The molecule has 0 bridgehead atoms.